The number of primary amides is 1. The number of unbranched alkanes of at least 4 members (excludes halogenated alkanes) is 6. The minimum atomic E-state index is -2.14. The molecule has 1 aliphatic heterocycles. The van der Waals surface area contributed by atoms with E-state index in [1.807, 2.05) is 78.9 Å². The Hall–Kier alpha value is -4.54. The molecule has 0 aliphatic carbocycles. The van der Waals surface area contributed by atoms with Crippen molar-refractivity contribution in [3.05, 3.63) is 148 Å². The lowest BCUT2D eigenvalue weighted by Crippen LogP contribution is -2.49. The maximum atomic E-state index is 13.4. The van der Waals surface area contributed by atoms with Crippen molar-refractivity contribution in [2.24, 2.45) is 11.7 Å². The number of aromatic amines is 1. The molecule has 5 aromatic rings. The molecule has 2 atom stereocenters. The third-order valence-electron chi connectivity index (χ3n) is 13.1. The van der Waals surface area contributed by atoms with Crippen molar-refractivity contribution in [1.82, 2.24) is 15.2 Å². The average molecular weight is 829 g/mol. The first kappa shape index (κ1) is 45.0. The Kier molecular flexibility index (Phi) is 15.6. The lowest BCUT2D eigenvalue weighted by Gasteiger charge is -2.39. The maximum Gasteiger partial charge on any atom is 0.248 e. The zero-order chi connectivity index (χ0) is 42.6. The molecule has 0 bridgehead atoms. The minimum Gasteiger partial charge on any atom is -0.487 e. The number of benzene rings is 4. The van der Waals surface area contributed by atoms with Crippen molar-refractivity contribution in [3.8, 4) is 5.75 Å². The molecule has 60 heavy (non-hydrogen) atoms. The number of aromatic nitrogens is 1. The number of likely N-dealkylation sites (tertiary alicyclic amines) is 1. The maximum absolute atomic E-state index is 13.4. The number of carbonyl (C=O) groups excluding carboxylic acids is 1. The van der Waals surface area contributed by atoms with Gasteiger partial charge < -0.3 is 30.1 Å². The molecular formula is C51H68N4O4Si. The van der Waals surface area contributed by atoms with Crippen LogP contribution in [-0.4, -0.2) is 56.8 Å². The fourth-order valence-electron chi connectivity index (χ4n) is 8.75. The van der Waals surface area contributed by atoms with E-state index in [-0.39, 0.29) is 28.5 Å². The van der Waals surface area contributed by atoms with Crippen LogP contribution in [0.3, 0.4) is 0 Å². The molecule has 9 heteroatoms. The quantitative estimate of drug-likeness (QED) is 0.0474. The van der Waals surface area contributed by atoms with Crippen molar-refractivity contribution in [2.75, 3.05) is 32.7 Å². The number of hydrogen-bond acceptors (Lipinski definition) is 6. The first-order chi connectivity index (χ1) is 28.9. The van der Waals surface area contributed by atoms with Gasteiger partial charge in [-0.3, -0.25) is 9.59 Å². The number of nitrogens with zero attached hydrogens (tertiary/aromatic N) is 1. The van der Waals surface area contributed by atoms with Gasteiger partial charge in [-0.05, 0) is 97.3 Å². The molecule has 0 spiro atoms. The van der Waals surface area contributed by atoms with E-state index in [9.17, 15) is 9.59 Å². The third kappa shape index (κ3) is 11.0. The number of ether oxygens (including phenoxy) is 1. The molecule has 320 valence electrons. The SMILES string of the molecule is CC(C)(C)[Si](C)(C)OC(CNCCCCCCCCCN1CCC(C(C(N)=O)(c2ccccc2)c2ccccc2)C1)c1ccc(OCc2ccccc2)c2[nH]c(=O)ccc12. The van der Waals surface area contributed by atoms with Gasteiger partial charge in [-0.1, -0.05) is 150 Å². The van der Waals surface area contributed by atoms with Crippen molar-refractivity contribution in [2.45, 2.75) is 108 Å². The molecule has 1 aromatic heterocycles. The van der Waals surface area contributed by atoms with E-state index in [2.05, 4.69) is 79.4 Å². The van der Waals surface area contributed by atoms with E-state index in [4.69, 9.17) is 14.9 Å². The summed E-state index contributed by atoms with van der Waals surface area (Å²) in [5.41, 5.74) is 10.2. The van der Waals surface area contributed by atoms with Crippen LogP contribution in [0.25, 0.3) is 10.9 Å². The fourth-order valence-corrected chi connectivity index (χ4v) is 10.0. The van der Waals surface area contributed by atoms with Crippen LogP contribution in [0.15, 0.2) is 120 Å². The summed E-state index contributed by atoms with van der Waals surface area (Å²) in [5, 5.41) is 4.74. The Morgan fingerprint density at radius 2 is 1.42 bits per heavy atom. The average Bonchev–Trinajstić information content (AvgIpc) is 3.71. The number of pyridine rings is 1. The van der Waals surface area contributed by atoms with Crippen LogP contribution >= 0.6 is 0 Å². The van der Waals surface area contributed by atoms with Crippen LogP contribution in [0.4, 0.5) is 0 Å². The van der Waals surface area contributed by atoms with Crippen LogP contribution in [0.2, 0.25) is 18.1 Å². The molecule has 1 amide bonds. The van der Waals surface area contributed by atoms with Gasteiger partial charge >= 0.3 is 0 Å². The minimum absolute atomic E-state index is 0.0482. The molecule has 1 aliphatic rings. The Morgan fingerprint density at radius 3 is 2.03 bits per heavy atom. The van der Waals surface area contributed by atoms with E-state index in [0.29, 0.717) is 24.4 Å². The van der Waals surface area contributed by atoms with Gasteiger partial charge in [0.2, 0.25) is 11.5 Å². The smallest absolute Gasteiger partial charge is 0.248 e. The summed E-state index contributed by atoms with van der Waals surface area (Å²) in [4.78, 5) is 31.6. The van der Waals surface area contributed by atoms with Crippen LogP contribution in [-0.2, 0) is 21.2 Å². The van der Waals surface area contributed by atoms with Gasteiger partial charge in [0.1, 0.15) is 17.8 Å². The number of nitrogens with two attached hydrogens (primary N) is 1. The second-order valence-electron chi connectivity index (χ2n) is 18.3. The monoisotopic (exact) mass is 829 g/mol. The summed E-state index contributed by atoms with van der Waals surface area (Å²) < 4.78 is 13.4. The van der Waals surface area contributed by atoms with Crippen LogP contribution in [0, 0.1) is 5.92 Å². The second kappa shape index (κ2) is 20.8. The van der Waals surface area contributed by atoms with Crippen LogP contribution in [0.1, 0.15) is 100 Å². The molecule has 1 saturated heterocycles. The Bertz CT molecular complexity index is 2110. The van der Waals surface area contributed by atoms with Crippen LogP contribution in [0.5, 0.6) is 5.75 Å². The number of carbonyl (C=O) groups is 1. The van der Waals surface area contributed by atoms with Crippen molar-refractivity contribution in [3.63, 3.8) is 0 Å². The lowest BCUT2D eigenvalue weighted by atomic mass is 9.64. The fraction of sp³-hybridized carbons (Fsp3) is 0.451. The molecule has 2 heterocycles. The molecular weight excluding hydrogens is 761 g/mol. The summed E-state index contributed by atoms with van der Waals surface area (Å²) in [6, 6.07) is 38.0. The molecule has 4 aromatic carbocycles. The van der Waals surface area contributed by atoms with Gasteiger partial charge in [-0.2, -0.15) is 0 Å². The zero-order valence-electron chi connectivity index (χ0n) is 36.7. The van der Waals surface area contributed by atoms with Gasteiger partial charge in [-0.15, -0.1) is 0 Å². The predicted octanol–water partition coefficient (Wildman–Crippen LogP) is 10.3. The highest BCUT2D eigenvalue weighted by Crippen LogP contribution is 2.44. The van der Waals surface area contributed by atoms with Crippen molar-refractivity contribution >= 4 is 25.1 Å². The number of fused-ring (bicyclic) bond motifs is 1. The number of rotatable bonds is 22. The number of H-pyrrole nitrogens is 1. The largest absolute Gasteiger partial charge is 0.487 e. The van der Waals surface area contributed by atoms with Gasteiger partial charge in [0.05, 0.1) is 11.6 Å². The number of hydrogen-bond donors (Lipinski definition) is 3. The second-order valence-corrected chi connectivity index (χ2v) is 23.0. The van der Waals surface area contributed by atoms with Crippen molar-refractivity contribution < 1.29 is 14.0 Å². The molecule has 6 rings (SSSR count). The highest BCUT2D eigenvalue weighted by atomic mass is 28.4. The summed E-state index contributed by atoms with van der Waals surface area (Å²) in [6.07, 6.45) is 9.21. The summed E-state index contributed by atoms with van der Waals surface area (Å²) in [5.74, 6) is 0.537. The van der Waals surface area contributed by atoms with E-state index >= 15 is 0 Å². The predicted molar refractivity (Wildman–Crippen MR) is 249 cm³/mol. The van der Waals surface area contributed by atoms with Gasteiger partial charge in [0.15, 0.2) is 8.32 Å². The molecule has 4 N–H and O–H groups in total. The van der Waals surface area contributed by atoms with Gasteiger partial charge in [0.25, 0.3) is 0 Å². The van der Waals surface area contributed by atoms with E-state index < -0.39 is 13.7 Å². The summed E-state index contributed by atoms with van der Waals surface area (Å²) in [7, 11) is -2.14. The molecule has 0 saturated carbocycles. The third-order valence-corrected chi connectivity index (χ3v) is 17.6. The Balaban J connectivity index is 0.959. The first-order valence-corrected chi connectivity index (χ1v) is 25.2. The van der Waals surface area contributed by atoms with E-state index in [1.54, 1.807) is 6.07 Å². The number of nitrogens with one attached hydrogen (secondary N) is 2. The highest BCUT2D eigenvalue weighted by molar-refractivity contribution is 6.74. The van der Waals surface area contributed by atoms with Gasteiger partial charge in [0, 0.05) is 24.5 Å². The van der Waals surface area contributed by atoms with Crippen molar-refractivity contribution in [1.29, 1.82) is 0 Å². The number of amides is 1. The Labute approximate surface area is 359 Å². The first-order valence-electron chi connectivity index (χ1n) is 22.2. The van der Waals surface area contributed by atoms with Crippen LogP contribution < -0.4 is 21.3 Å². The molecule has 2 unspecified atom stereocenters. The Morgan fingerprint density at radius 1 is 0.817 bits per heavy atom. The molecule has 8 nitrogen and oxygen atoms in total. The molecule has 0 radical (unpaired) electrons. The van der Waals surface area contributed by atoms with Gasteiger partial charge in [-0.25, -0.2) is 0 Å². The summed E-state index contributed by atoms with van der Waals surface area (Å²) >= 11 is 0. The normalized spacial score (nSPS) is 15.7. The standard InChI is InChI=1S/C51H68N4O4Si/c1-50(2,3)60(4,5)59-46(43-28-30-45(48-44(43)29-31-47(56)54-48)58-38-39-22-14-11-15-23-39)36-53-33-20-9-7-6-8-10-21-34-55-35-32-42(37-55)51(49(52)57,40-24-16-12-17-25-40)41-26-18-13-19-27-41/h11-19,22-31,42,46,53H,6-10,20-21,32-38H2,1-5H3,(H2,52,57)(H,54,56). The highest BCUT2D eigenvalue weighted by Gasteiger charge is 2.49. The van der Waals surface area contributed by atoms with E-state index in [0.717, 1.165) is 66.7 Å². The lowest BCUT2D eigenvalue weighted by molar-refractivity contribution is -0.123. The topological polar surface area (TPSA) is 110 Å². The molecule has 1 fully saturated rings. The zero-order valence-corrected chi connectivity index (χ0v) is 37.7. The van der Waals surface area contributed by atoms with E-state index in [1.165, 1.54) is 38.5 Å². The summed E-state index contributed by atoms with van der Waals surface area (Å²) in [6.45, 7) is 16.4.